The molecule has 0 radical (unpaired) electrons. The number of nitro groups is 1. The minimum Gasteiger partial charge on any atom is -0.268 e. The third-order valence-electron chi connectivity index (χ3n) is 3.90. The van der Waals surface area contributed by atoms with Crippen LogP contribution in [0.4, 0.5) is 5.69 Å². The third-order valence-corrected chi connectivity index (χ3v) is 3.90. The molecular formula is C18H17N3O3. The molecule has 1 heterocycles. The molecule has 0 saturated carbocycles. The van der Waals surface area contributed by atoms with E-state index in [9.17, 15) is 14.9 Å². The molecule has 1 aromatic heterocycles. The van der Waals surface area contributed by atoms with E-state index in [1.165, 1.54) is 12.1 Å². The number of unbranched alkanes of at least 4 members (excludes halogenated alkanes) is 1. The number of nitro benzene ring substituents is 1. The van der Waals surface area contributed by atoms with E-state index < -0.39 is 4.92 Å². The van der Waals surface area contributed by atoms with Gasteiger partial charge < -0.3 is 0 Å². The lowest BCUT2D eigenvalue weighted by Crippen LogP contribution is -2.24. The maximum Gasteiger partial charge on any atom is 0.270 e. The molecule has 0 bridgehead atoms. The maximum atomic E-state index is 13.0. The molecule has 0 aliphatic heterocycles. The number of para-hydroxylation sites is 1. The molecule has 6 heteroatoms. The van der Waals surface area contributed by atoms with Crippen molar-refractivity contribution in [2.45, 2.75) is 26.2 Å². The highest BCUT2D eigenvalue weighted by atomic mass is 16.6. The van der Waals surface area contributed by atoms with Crippen molar-refractivity contribution in [3.05, 3.63) is 74.8 Å². The summed E-state index contributed by atoms with van der Waals surface area (Å²) in [6.45, 7) is 2.08. The molecule has 0 amide bonds. The van der Waals surface area contributed by atoms with Gasteiger partial charge in [-0.15, -0.1) is 0 Å². The van der Waals surface area contributed by atoms with E-state index in [0.29, 0.717) is 17.8 Å². The van der Waals surface area contributed by atoms with Crippen molar-refractivity contribution in [1.29, 1.82) is 0 Å². The quantitative estimate of drug-likeness (QED) is 0.530. The molecule has 0 unspecified atom stereocenters. The van der Waals surface area contributed by atoms with E-state index in [2.05, 4.69) is 11.9 Å². The van der Waals surface area contributed by atoms with Gasteiger partial charge in [0.1, 0.15) is 5.82 Å². The minimum absolute atomic E-state index is 0.109. The summed E-state index contributed by atoms with van der Waals surface area (Å²) in [6.07, 6.45) is 2.58. The molecule has 0 fully saturated rings. The minimum atomic E-state index is -0.503. The normalized spacial score (nSPS) is 10.9. The number of aryl methyl sites for hydroxylation is 1. The van der Waals surface area contributed by atoms with Crippen molar-refractivity contribution < 1.29 is 4.92 Å². The van der Waals surface area contributed by atoms with Gasteiger partial charge in [-0.2, -0.15) is 0 Å². The Bertz CT molecular complexity index is 949. The van der Waals surface area contributed by atoms with Crippen molar-refractivity contribution in [1.82, 2.24) is 9.55 Å². The second-order valence-electron chi connectivity index (χ2n) is 5.57. The first kappa shape index (κ1) is 15.9. The highest BCUT2D eigenvalue weighted by Gasteiger charge is 2.15. The van der Waals surface area contributed by atoms with Gasteiger partial charge in [0.2, 0.25) is 0 Å². The van der Waals surface area contributed by atoms with Gasteiger partial charge in [-0.3, -0.25) is 19.5 Å². The summed E-state index contributed by atoms with van der Waals surface area (Å²) in [7, 11) is 0. The van der Waals surface area contributed by atoms with E-state index in [1.54, 1.807) is 10.6 Å². The molecule has 0 aliphatic carbocycles. The Morgan fingerprint density at radius 3 is 2.58 bits per heavy atom. The fourth-order valence-corrected chi connectivity index (χ4v) is 2.68. The van der Waals surface area contributed by atoms with Gasteiger partial charge in [-0.1, -0.05) is 31.5 Å². The van der Waals surface area contributed by atoms with Crippen molar-refractivity contribution in [3.8, 4) is 5.69 Å². The number of fused-ring (bicyclic) bond motifs is 1. The maximum absolute atomic E-state index is 13.0. The van der Waals surface area contributed by atoms with E-state index >= 15 is 0 Å². The van der Waals surface area contributed by atoms with Gasteiger partial charge in [0, 0.05) is 18.6 Å². The summed E-state index contributed by atoms with van der Waals surface area (Å²) in [5.74, 6) is 0.675. The average Bonchev–Trinajstić information content (AvgIpc) is 2.60. The molecule has 0 aliphatic rings. The highest BCUT2D eigenvalue weighted by molar-refractivity contribution is 5.80. The van der Waals surface area contributed by atoms with Crippen LogP contribution in [0.25, 0.3) is 16.6 Å². The standard InChI is InChI=1S/C18H17N3O3/c1-2-3-9-17-19-16-11-10-14(21(23)24)12-15(16)18(22)20(17)13-7-5-4-6-8-13/h4-8,10-12H,2-3,9H2,1H3. The van der Waals surface area contributed by atoms with Gasteiger partial charge in [-0.25, -0.2) is 4.98 Å². The lowest BCUT2D eigenvalue weighted by atomic mass is 10.2. The van der Waals surface area contributed by atoms with Crippen LogP contribution in [0.15, 0.2) is 53.3 Å². The number of benzene rings is 2. The first-order valence-corrected chi connectivity index (χ1v) is 7.87. The lowest BCUT2D eigenvalue weighted by Gasteiger charge is -2.13. The Balaban J connectivity index is 2.30. The van der Waals surface area contributed by atoms with Gasteiger partial charge >= 0.3 is 0 Å². The van der Waals surface area contributed by atoms with Crippen LogP contribution in [0.1, 0.15) is 25.6 Å². The molecule has 3 aromatic rings. The molecule has 2 aromatic carbocycles. The second kappa shape index (κ2) is 6.62. The van der Waals surface area contributed by atoms with Crippen molar-refractivity contribution in [2.75, 3.05) is 0 Å². The molecule has 0 saturated heterocycles. The lowest BCUT2D eigenvalue weighted by molar-refractivity contribution is -0.384. The van der Waals surface area contributed by atoms with Crippen LogP contribution in [-0.4, -0.2) is 14.5 Å². The zero-order valence-corrected chi connectivity index (χ0v) is 13.3. The monoisotopic (exact) mass is 323 g/mol. The number of non-ortho nitro benzene ring substituents is 1. The molecule has 122 valence electrons. The number of aromatic nitrogens is 2. The predicted molar refractivity (Wildman–Crippen MR) is 92.6 cm³/mol. The Kier molecular flexibility index (Phi) is 4.37. The fraction of sp³-hybridized carbons (Fsp3) is 0.222. The van der Waals surface area contributed by atoms with Crippen LogP contribution in [0.3, 0.4) is 0 Å². The smallest absolute Gasteiger partial charge is 0.268 e. The SMILES string of the molecule is CCCCc1nc2ccc([N+](=O)[O-])cc2c(=O)n1-c1ccccc1. The van der Waals surface area contributed by atoms with E-state index in [4.69, 9.17) is 0 Å². The topological polar surface area (TPSA) is 78.0 Å². The molecule has 0 spiro atoms. The number of rotatable bonds is 5. The number of hydrogen-bond donors (Lipinski definition) is 0. The molecule has 0 N–H and O–H groups in total. The summed E-state index contributed by atoms with van der Waals surface area (Å²) in [5, 5.41) is 11.3. The second-order valence-corrected chi connectivity index (χ2v) is 5.57. The van der Waals surface area contributed by atoms with Gasteiger partial charge in [0.05, 0.1) is 21.5 Å². The van der Waals surface area contributed by atoms with Crippen LogP contribution < -0.4 is 5.56 Å². The van der Waals surface area contributed by atoms with E-state index in [-0.39, 0.29) is 16.6 Å². The molecular weight excluding hydrogens is 306 g/mol. The third kappa shape index (κ3) is 2.90. The Morgan fingerprint density at radius 1 is 1.17 bits per heavy atom. The van der Waals surface area contributed by atoms with Gasteiger partial charge in [0.25, 0.3) is 11.2 Å². The van der Waals surface area contributed by atoms with Crippen molar-refractivity contribution >= 4 is 16.6 Å². The van der Waals surface area contributed by atoms with E-state index in [1.807, 2.05) is 30.3 Å². The number of hydrogen-bond acceptors (Lipinski definition) is 4. The zero-order chi connectivity index (χ0) is 17.1. The van der Waals surface area contributed by atoms with Gasteiger partial charge in [0.15, 0.2) is 0 Å². The van der Waals surface area contributed by atoms with Crippen LogP contribution in [0, 0.1) is 10.1 Å². The average molecular weight is 323 g/mol. The molecule has 6 nitrogen and oxygen atoms in total. The van der Waals surface area contributed by atoms with Crippen molar-refractivity contribution in [3.63, 3.8) is 0 Å². The summed E-state index contributed by atoms with van der Waals surface area (Å²) >= 11 is 0. The summed E-state index contributed by atoms with van der Waals surface area (Å²) < 4.78 is 1.56. The zero-order valence-electron chi connectivity index (χ0n) is 13.3. The largest absolute Gasteiger partial charge is 0.270 e. The highest BCUT2D eigenvalue weighted by Crippen LogP contribution is 2.19. The summed E-state index contributed by atoms with van der Waals surface area (Å²) in [5.41, 5.74) is 0.821. The molecule has 3 rings (SSSR count). The van der Waals surface area contributed by atoms with Crippen molar-refractivity contribution in [2.24, 2.45) is 0 Å². The predicted octanol–water partition coefficient (Wildman–Crippen LogP) is 3.64. The number of nitrogens with zero attached hydrogens (tertiary/aromatic N) is 3. The summed E-state index contributed by atoms with van der Waals surface area (Å²) in [4.78, 5) is 28.1. The molecule has 24 heavy (non-hydrogen) atoms. The fourth-order valence-electron chi connectivity index (χ4n) is 2.68. The summed E-state index contributed by atoms with van der Waals surface area (Å²) in [6, 6.07) is 13.5. The van der Waals surface area contributed by atoms with Crippen LogP contribution in [0.5, 0.6) is 0 Å². The van der Waals surface area contributed by atoms with Crippen LogP contribution >= 0.6 is 0 Å². The van der Waals surface area contributed by atoms with Crippen LogP contribution in [0.2, 0.25) is 0 Å². The van der Waals surface area contributed by atoms with Gasteiger partial charge in [-0.05, 0) is 24.6 Å². The Morgan fingerprint density at radius 2 is 1.92 bits per heavy atom. The van der Waals surface area contributed by atoms with Crippen LogP contribution in [-0.2, 0) is 6.42 Å². The molecule has 0 atom stereocenters. The van der Waals surface area contributed by atoms with E-state index in [0.717, 1.165) is 18.5 Å². The Hall–Kier alpha value is -3.02. The first-order chi connectivity index (χ1) is 11.6. The first-order valence-electron chi connectivity index (χ1n) is 7.87. The Labute approximate surface area is 138 Å².